The molecule has 0 aromatic heterocycles. The second kappa shape index (κ2) is 7.75. The Kier molecular flexibility index (Phi) is 6.61. The van der Waals surface area contributed by atoms with Gasteiger partial charge in [0.1, 0.15) is 11.4 Å². The van der Waals surface area contributed by atoms with Crippen molar-refractivity contribution in [3.05, 3.63) is 34.1 Å². The van der Waals surface area contributed by atoms with E-state index in [1.54, 1.807) is 6.07 Å². The van der Waals surface area contributed by atoms with Crippen LogP contribution in [-0.2, 0) is 4.74 Å². The molecule has 0 spiro atoms. The van der Waals surface area contributed by atoms with Crippen molar-refractivity contribution in [3.63, 3.8) is 0 Å². The van der Waals surface area contributed by atoms with Gasteiger partial charge in [-0.1, -0.05) is 22.0 Å². The summed E-state index contributed by atoms with van der Waals surface area (Å²) in [6, 6.07) is 4.64. The third-order valence-corrected chi connectivity index (χ3v) is 3.36. The number of carbonyl (C=O) groups is 1. The van der Waals surface area contributed by atoms with Gasteiger partial charge in [0.05, 0.1) is 0 Å². The summed E-state index contributed by atoms with van der Waals surface area (Å²) < 4.78 is 18.9. The Hall–Kier alpha value is -1.14. The van der Waals surface area contributed by atoms with Gasteiger partial charge in [-0.15, -0.1) is 0 Å². The van der Waals surface area contributed by atoms with Gasteiger partial charge in [-0.3, -0.25) is 0 Å². The van der Waals surface area contributed by atoms with E-state index >= 15 is 0 Å². The van der Waals surface area contributed by atoms with Crippen molar-refractivity contribution < 1.29 is 13.9 Å². The van der Waals surface area contributed by atoms with Gasteiger partial charge in [0.15, 0.2) is 0 Å². The molecule has 4 nitrogen and oxygen atoms in total. The molecule has 2 N–H and O–H groups in total. The molecule has 1 aromatic carbocycles. The third kappa shape index (κ3) is 6.91. The number of ether oxygens (including phenoxy) is 1. The van der Waals surface area contributed by atoms with Gasteiger partial charge in [-0.2, -0.15) is 0 Å². The van der Waals surface area contributed by atoms with Gasteiger partial charge >= 0.3 is 6.09 Å². The maximum absolute atomic E-state index is 13.0. The molecule has 0 aliphatic heterocycles. The van der Waals surface area contributed by atoms with E-state index < -0.39 is 11.7 Å². The van der Waals surface area contributed by atoms with Crippen molar-refractivity contribution in [1.82, 2.24) is 10.6 Å². The molecule has 0 saturated heterocycles. The zero-order valence-corrected chi connectivity index (χ0v) is 14.4. The van der Waals surface area contributed by atoms with Crippen LogP contribution in [0.2, 0.25) is 0 Å². The first-order valence-corrected chi connectivity index (χ1v) is 7.63. The van der Waals surface area contributed by atoms with Crippen molar-refractivity contribution in [2.24, 2.45) is 0 Å². The summed E-state index contributed by atoms with van der Waals surface area (Å²) in [5, 5.41) is 5.93. The van der Waals surface area contributed by atoms with Crippen molar-refractivity contribution in [2.75, 3.05) is 13.1 Å². The Morgan fingerprint density at radius 2 is 2.05 bits per heavy atom. The molecule has 118 valence electrons. The van der Waals surface area contributed by atoms with Gasteiger partial charge in [-0.25, -0.2) is 9.18 Å². The van der Waals surface area contributed by atoms with Crippen LogP contribution in [0.3, 0.4) is 0 Å². The first kappa shape index (κ1) is 17.9. The molecule has 0 radical (unpaired) electrons. The summed E-state index contributed by atoms with van der Waals surface area (Å²) in [7, 11) is 0. The normalized spacial score (nSPS) is 12.9. The van der Waals surface area contributed by atoms with Gasteiger partial charge in [0.2, 0.25) is 0 Å². The number of rotatable bonds is 5. The van der Waals surface area contributed by atoms with E-state index in [2.05, 4.69) is 26.6 Å². The summed E-state index contributed by atoms with van der Waals surface area (Å²) in [5.74, 6) is -0.274. The second-order valence-electron chi connectivity index (χ2n) is 5.77. The van der Waals surface area contributed by atoms with Crippen LogP contribution in [0.5, 0.6) is 0 Å². The molecule has 0 heterocycles. The Bertz CT molecular complexity index is 489. The van der Waals surface area contributed by atoms with Gasteiger partial charge in [-0.05, 0) is 45.4 Å². The largest absolute Gasteiger partial charge is 0.444 e. The maximum Gasteiger partial charge on any atom is 0.407 e. The monoisotopic (exact) mass is 360 g/mol. The number of alkyl carbamates (subject to hydrolysis) is 1. The van der Waals surface area contributed by atoms with E-state index in [0.717, 1.165) is 10.0 Å². The Morgan fingerprint density at radius 3 is 2.62 bits per heavy atom. The Balaban J connectivity index is 2.34. The number of nitrogens with one attached hydrogen (secondary N) is 2. The van der Waals surface area contributed by atoms with Crippen molar-refractivity contribution in [1.29, 1.82) is 0 Å². The summed E-state index contributed by atoms with van der Waals surface area (Å²) >= 11 is 3.34. The third-order valence-electron chi connectivity index (χ3n) is 2.67. The maximum atomic E-state index is 13.0. The summed E-state index contributed by atoms with van der Waals surface area (Å²) in [5.41, 5.74) is 0.470. The number of halogens is 2. The zero-order chi connectivity index (χ0) is 16.0. The first-order valence-electron chi connectivity index (χ1n) is 6.84. The topological polar surface area (TPSA) is 50.4 Å². The van der Waals surface area contributed by atoms with Crippen LogP contribution < -0.4 is 10.6 Å². The van der Waals surface area contributed by atoms with E-state index in [9.17, 15) is 9.18 Å². The second-order valence-corrected chi connectivity index (χ2v) is 6.62. The molecule has 1 rings (SSSR count). The predicted octanol–water partition coefficient (Wildman–Crippen LogP) is 3.76. The van der Waals surface area contributed by atoms with Crippen LogP contribution in [-0.4, -0.2) is 24.8 Å². The SMILES string of the molecule is CC(NCCNC(=O)OC(C)(C)C)c1ccc(F)cc1Br. The van der Waals surface area contributed by atoms with Crippen LogP contribution in [0.1, 0.15) is 39.3 Å². The zero-order valence-electron chi connectivity index (χ0n) is 12.8. The van der Waals surface area contributed by atoms with Crippen LogP contribution in [0, 0.1) is 5.82 Å². The molecule has 0 fully saturated rings. The quantitative estimate of drug-likeness (QED) is 0.785. The molecule has 1 atom stereocenters. The van der Waals surface area contributed by atoms with E-state index in [-0.39, 0.29) is 11.9 Å². The number of benzene rings is 1. The van der Waals surface area contributed by atoms with E-state index in [1.165, 1.54) is 12.1 Å². The average Bonchev–Trinajstić information content (AvgIpc) is 2.32. The van der Waals surface area contributed by atoms with Crippen molar-refractivity contribution in [3.8, 4) is 0 Å². The molecule has 0 bridgehead atoms. The minimum absolute atomic E-state index is 0.0420. The summed E-state index contributed by atoms with van der Waals surface area (Å²) in [6.45, 7) is 8.48. The summed E-state index contributed by atoms with van der Waals surface area (Å²) in [4.78, 5) is 11.5. The molecule has 0 aliphatic carbocycles. The highest BCUT2D eigenvalue weighted by Gasteiger charge is 2.15. The molecule has 6 heteroatoms. The molecular formula is C15H22BrFN2O2. The van der Waals surface area contributed by atoms with Crippen molar-refractivity contribution >= 4 is 22.0 Å². The van der Waals surface area contributed by atoms with Crippen LogP contribution >= 0.6 is 15.9 Å². The first-order chi connectivity index (χ1) is 9.69. The highest BCUT2D eigenvalue weighted by Crippen LogP contribution is 2.23. The molecule has 1 aromatic rings. The van der Waals surface area contributed by atoms with Crippen LogP contribution in [0.15, 0.2) is 22.7 Å². The lowest BCUT2D eigenvalue weighted by atomic mass is 10.1. The predicted molar refractivity (Wildman–Crippen MR) is 84.8 cm³/mol. The Labute approximate surface area is 133 Å². The fourth-order valence-corrected chi connectivity index (χ4v) is 2.42. The standard InChI is InChI=1S/C15H22BrFN2O2/c1-10(12-6-5-11(17)9-13(12)16)18-7-8-19-14(20)21-15(2,3)4/h5-6,9-10,18H,7-8H2,1-4H3,(H,19,20). The number of carbonyl (C=O) groups excluding carboxylic acids is 1. The number of amides is 1. The van der Waals surface area contributed by atoms with E-state index in [0.29, 0.717) is 13.1 Å². The fraction of sp³-hybridized carbons (Fsp3) is 0.533. The van der Waals surface area contributed by atoms with Crippen LogP contribution in [0.4, 0.5) is 9.18 Å². The number of hydrogen-bond acceptors (Lipinski definition) is 3. The molecular weight excluding hydrogens is 339 g/mol. The lowest BCUT2D eigenvalue weighted by molar-refractivity contribution is 0.0528. The molecule has 1 unspecified atom stereocenters. The van der Waals surface area contributed by atoms with E-state index in [4.69, 9.17) is 4.74 Å². The lowest BCUT2D eigenvalue weighted by Crippen LogP contribution is -2.36. The lowest BCUT2D eigenvalue weighted by Gasteiger charge is -2.20. The smallest absolute Gasteiger partial charge is 0.407 e. The van der Waals surface area contributed by atoms with Crippen LogP contribution in [0.25, 0.3) is 0 Å². The highest BCUT2D eigenvalue weighted by atomic mass is 79.9. The minimum atomic E-state index is -0.496. The molecule has 0 saturated carbocycles. The highest BCUT2D eigenvalue weighted by molar-refractivity contribution is 9.10. The van der Waals surface area contributed by atoms with Gasteiger partial charge < -0.3 is 15.4 Å². The van der Waals surface area contributed by atoms with E-state index in [1.807, 2.05) is 27.7 Å². The molecule has 21 heavy (non-hydrogen) atoms. The van der Waals surface area contributed by atoms with Crippen molar-refractivity contribution in [2.45, 2.75) is 39.3 Å². The molecule has 1 amide bonds. The number of hydrogen-bond donors (Lipinski definition) is 2. The Morgan fingerprint density at radius 1 is 1.38 bits per heavy atom. The minimum Gasteiger partial charge on any atom is -0.444 e. The van der Waals surface area contributed by atoms with Gasteiger partial charge in [0, 0.05) is 23.6 Å². The fourth-order valence-electron chi connectivity index (χ4n) is 1.73. The average molecular weight is 361 g/mol. The van der Waals surface area contributed by atoms with Gasteiger partial charge in [0.25, 0.3) is 0 Å². The summed E-state index contributed by atoms with van der Waals surface area (Å²) in [6.07, 6.45) is -0.431. The molecule has 0 aliphatic rings.